The maximum absolute atomic E-state index is 12.9. The predicted molar refractivity (Wildman–Crippen MR) is 111 cm³/mol. The van der Waals surface area contributed by atoms with Gasteiger partial charge in [-0.25, -0.2) is 4.98 Å². The van der Waals surface area contributed by atoms with Crippen LogP contribution in [0, 0.1) is 25.2 Å². The zero-order valence-electron chi connectivity index (χ0n) is 17.3. The Bertz CT molecular complexity index is 1200. The number of anilines is 1. The predicted octanol–water partition coefficient (Wildman–Crippen LogP) is 4.96. The fourth-order valence-corrected chi connectivity index (χ4v) is 4.31. The Morgan fingerprint density at radius 2 is 1.94 bits per heavy atom. The Balaban J connectivity index is 1.85. The largest absolute Gasteiger partial charge is 0.435 e. The summed E-state index contributed by atoms with van der Waals surface area (Å²) in [5, 5.41) is 13.5. The summed E-state index contributed by atoms with van der Waals surface area (Å²) in [6.45, 7) is 4.05. The molecule has 0 amide bonds. The van der Waals surface area contributed by atoms with Crippen LogP contribution in [0.3, 0.4) is 0 Å². The molecule has 0 saturated heterocycles. The van der Waals surface area contributed by atoms with Crippen molar-refractivity contribution in [1.82, 2.24) is 14.8 Å². The minimum Gasteiger partial charge on any atom is -0.383 e. The molecular formula is C23H22F3N5. The van der Waals surface area contributed by atoms with Gasteiger partial charge in [-0.3, -0.25) is 4.68 Å². The molecule has 0 spiro atoms. The van der Waals surface area contributed by atoms with E-state index in [2.05, 4.69) is 16.2 Å². The number of nitrogens with two attached hydrogens (primary N) is 1. The van der Waals surface area contributed by atoms with Gasteiger partial charge in [-0.2, -0.15) is 23.5 Å². The Hall–Kier alpha value is -3.34. The molecule has 2 aromatic heterocycles. The number of nitriles is 1. The van der Waals surface area contributed by atoms with Crippen LogP contribution >= 0.6 is 0 Å². The monoisotopic (exact) mass is 425 g/mol. The van der Waals surface area contributed by atoms with Crippen molar-refractivity contribution in [3.8, 4) is 17.2 Å². The molecule has 1 aromatic carbocycles. The summed E-state index contributed by atoms with van der Waals surface area (Å²) in [7, 11) is 0. The van der Waals surface area contributed by atoms with Crippen LogP contribution in [0.5, 0.6) is 0 Å². The lowest BCUT2D eigenvalue weighted by molar-refractivity contribution is -0.141. The fraction of sp³-hybridized carbons (Fsp3) is 0.348. The number of aromatic nitrogens is 3. The second-order valence-corrected chi connectivity index (χ2v) is 7.98. The SMILES string of the molecule is Cc1cc(Cn2ccc(C(F)(F)F)n2)c(C)c(-c2c(C#N)c(N)nc3c2CCCC3)c1. The number of rotatable bonds is 3. The van der Waals surface area contributed by atoms with Gasteiger partial charge in [-0.15, -0.1) is 0 Å². The van der Waals surface area contributed by atoms with Crippen LogP contribution in [0.1, 0.15) is 52.0 Å². The molecule has 0 bridgehead atoms. The van der Waals surface area contributed by atoms with Gasteiger partial charge in [-0.1, -0.05) is 17.7 Å². The number of halogens is 3. The van der Waals surface area contributed by atoms with E-state index in [9.17, 15) is 18.4 Å². The van der Waals surface area contributed by atoms with Gasteiger partial charge in [0.15, 0.2) is 5.69 Å². The van der Waals surface area contributed by atoms with Crippen molar-refractivity contribution in [3.05, 3.63) is 63.6 Å². The molecule has 8 heteroatoms. The van der Waals surface area contributed by atoms with E-state index in [0.29, 0.717) is 5.56 Å². The lowest BCUT2D eigenvalue weighted by atomic mass is 9.84. The Labute approximate surface area is 178 Å². The molecule has 0 fully saturated rings. The van der Waals surface area contributed by atoms with Crippen LogP contribution in [0.2, 0.25) is 0 Å². The third-order valence-corrected chi connectivity index (χ3v) is 5.81. The maximum atomic E-state index is 12.9. The van der Waals surface area contributed by atoms with Gasteiger partial charge in [0.25, 0.3) is 0 Å². The van der Waals surface area contributed by atoms with Crippen molar-refractivity contribution < 1.29 is 13.2 Å². The van der Waals surface area contributed by atoms with Crippen LogP contribution in [0.25, 0.3) is 11.1 Å². The van der Waals surface area contributed by atoms with Crippen LogP contribution < -0.4 is 5.73 Å². The van der Waals surface area contributed by atoms with Crippen LogP contribution in [-0.4, -0.2) is 14.8 Å². The molecule has 31 heavy (non-hydrogen) atoms. The van der Waals surface area contributed by atoms with Crippen LogP contribution in [-0.2, 0) is 25.6 Å². The molecular weight excluding hydrogens is 403 g/mol. The number of fused-ring (bicyclic) bond motifs is 1. The minimum absolute atomic E-state index is 0.196. The van der Waals surface area contributed by atoms with Crippen molar-refractivity contribution in [2.24, 2.45) is 0 Å². The molecule has 5 nitrogen and oxygen atoms in total. The van der Waals surface area contributed by atoms with E-state index in [1.165, 1.54) is 10.9 Å². The fourth-order valence-electron chi connectivity index (χ4n) is 4.31. The first kappa shape index (κ1) is 20.9. The van der Waals surface area contributed by atoms with Crippen molar-refractivity contribution >= 4 is 5.82 Å². The maximum Gasteiger partial charge on any atom is 0.435 e. The molecule has 2 N–H and O–H groups in total. The summed E-state index contributed by atoms with van der Waals surface area (Å²) in [6, 6.07) is 7.14. The first-order chi connectivity index (χ1) is 14.7. The summed E-state index contributed by atoms with van der Waals surface area (Å²) in [6.07, 6.45) is 0.545. The van der Waals surface area contributed by atoms with Gasteiger partial charge in [0.2, 0.25) is 0 Å². The van der Waals surface area contributed by atoms with E-state index < -0.39 is 11.9 Å². The lowest BCUT2D eigenvalue weighted by Crippen LogP contribution is -2.13. The summed E-state index contributed by atoms with van der Waals surface area (Å²) in [5.41, 5.74) is 11.9. The smallest absolute Gasteiger partial charge is 0.383 e. The van der Waals surface area contributed by atoms with E-state index in [0.717, 1.165) is 70.8 Å². The third kappa shape index (κ3) is 3.88. The van der Waals surface area contributed by atoms with E-state index in [-0.39, 0.29) is 12.4 Å². The molecule has 1 aliphatic carbocycles. The van der Waals surface area contributed by atoms with Gasteiger partial charge in [-0.05, 0) is 67.9 Å². The minimum atomic E-state index is -4.48. The van der Waals surface area contributed by atoms with Gasteiger partial charge >= 0.3 is 6.18 Å². The number of aryl methyl sites for hydroxylation is 2. The Kier molecular flexibility index (Phi) is 5.21. The zero-order valence-corrected chi connectivity index (χ0v) is 17.3. The highest BCUT2D eigenvalue weighted by Gasteiger charge is 2.33. The second-order valence-electron chi connectivity index (χ2n) is 7.98. The quantitative estimate of drug-likeness (QED) is 0.643. The molecule has 0 atom stereocenters. The first-order valence-electron chi connectivity index (χ1n) is 10.1. The number of hydrogen-bond donors (Lipinski definition) is 1. The highest BCUT2D eigenvalue weighted by molar-refractivity contribution is 5.82. The van der Waals surface area contributed by atoms with Crippen LogP contribution in [0.4, 0.5) is 19.0 Å². The number of nitrogen functional groups attached to an aromatic ring is 1. The number of alkyl halides is 3. The van der Waals surface area contributed by atoms with Crippen molar-refractivity contribution in [1.29, 1.82) is 5.26 Å². The highest BCUT2D eigenvalue weighted by Crippen LogP contribution is 2.39. The van der Waals surface area contributed by atoms with Gasteiger partial charge in [0.1, 0.15) is 17.5 Å². The van der Waals surface area contributed by atoms with Gasteiger partial charge < -0.3 is 5.73 Å². The van der Waals surface area contributed by atoms with E-state index in [1.54, 1.807) is 0 Å². The standard InChI is InChI=1S/C23H22F3N5/c1-13-9-15(12-31-8-7-20(30-31)23(24,25)26)14(2)17(10-13)21-16-5-3-4-6-19(16)29-22(28)18(21)11-27/h7-10H,3-6,12H2,1-2H3,(H2,28,29). The third-order valence-electron chi connectivity index (χ3n) is 5.81. The topological polar surface area (TPSA) is 80.5 Å². The molecule has 160 valence electrons. The molecule has 0 unspecified atom stereocenters. The number of nitrogens with zero attached hydrogens (tertiary/aromatic N) is 4. The average molecular weight is 425 g/mol. The lowest BCUT2D eigenvalue weighted by Gasteiger charge is -2.23. The first-order valence-corrected chi connectivity index (χ1v) is 10.1. The zero-order chi connectivity index (χ0) is 22.3. The molecule has 0 saturated carbocycles. The molecule has 3 aromatic rings. The molecule has 4 rings (SSSR count). The normalized spacial score (nSPS) is 13.7. The van der Waals surface area contributed by atoms with Crippen molar-refractivity contribution in [3.63, 3.8) is 0 Å². The van der Waals surface area contributed by atoms with Gasteiger partial charge in [0, 0.05) is 17.5 Å². The number of pyridine rings is 1. The second kappa shape index (κ2) is 7.73. The molecule has 0 aliphatic heterocycles. The number of hydrogen-bond acceptors (Lipinski definition) is 4. The summed E-state index contributed by atoms with van der Waals surface area (Å²) < 4.78 is 40.1. The average Bonchev–Trinajstić information content (AvgIpc) is 3.18. The summed E-state index contributed by atoms with van der Waals surface area (Å²) in [4.78, 5) is 4.47. The number of benzene rings is 1. The van der Waals surface area contributed by atoms with E-state index in [1.807, 2.05) is 26.0 Å². The Morgan fingerprint density at radius 1 is 1.19 bits per heavy atom. The van der Waals surface area contributed by atoms with Crippen LogP contribution in [0.15, 0.2) is 24.4 Å². The highest BCUT2D eigenvalue weighted by atomic mass is 19.4. The van der Waals surface area contributed by atoms with Crippen molar-refractivity contribution in [2.45, 2.75) is 52.3 Å². The molecule has 1 aliphatic rings. The molecule has 0 radical (unpaired) electrons. The molecule has 2 heterocycles. The van der Waals surface area contributed by atoms with Gasteiger partial charge in [0.05, 0.1) is 6.54 Å². The van der Waals surface area contributed by atoms with E-state index in [4.69, 9.17) is 5.73 Å². The van der Waals surface area contributed by atoms with Crippen molar-refractivity contribution in [2.75, 3.05) is 5.73 Å². The summed E-state index contributed by atoms with van der Waals surface area (Å²) >= 11 is 0. The Morgan fingerprint density at radius 3 is 2.61 bits per heavy atom. The summed E-state index contributed by atoms with van der Waals surface area (Å²) in [5.74, 6) is 0.225. The van der Waals surface area contributed by atoms with E-state index >= 15 is 0 Å².